The number of para-hydroxylation sites is 1. The van der Waals surface area contributed by atoms with Crippen LogP contribution < -0.4 is 0 Å². The minimum atomic E-state index is -1.06. The largest absolute Gasteiger partial charge is 0.477 e. The molecule has 0 aliphatic heterocycles. The van der Waals surface area contributed by atoms with Crippen molar-refractivity contribution in [3.63, 3.8) is 0 Å². The highest BCUT2D eigenvalue weighted by Crippen LogP contribution is 2.28. The lowest BCUT2D eigenvalue weighted by atomic mass is 10.1. The van der Waals surface area contributed by atoms with E-state index in [4.69, 9.17) is 5.11 Å². The highest BCUT2D eigenvalue weighted by atomic mass is 16.4. The van der Waals surface area contributed by atoms with Crippen molar-refractivity contribution in [2.75, 3.05) is 0 Å². The fourth-order valence-electron chi connectivity index (χ4n) is 2.15. The van der Waals surface area contributed by atoms with E-state index in [1.807, 2.05) is 31.2 Å². The van der Waals surface area contributed by atoms with Gasteiger partial charge in [-0.25, -0.2) is 14.8 Å². The van der Waals surface area contributed by atoms with Gasteiger partial charge in [0.25, 0.3) is 0 Å². The Kier molecular flexibility index (Phi) is 2.52. The number of carboxylic acids is 1. The summed E-state index contributed by atoms with van der Waals surface area (Å²) in [6, 6.07) is 9.38. The van der Waals surface area contributed by atoms with Crippen molar-refractivity contribution in [1.82, 2.24) is 15.0 Å². The number of aromatic carboxylic acids is 1. The molecule has 2 N–H and O–H groups in total. The topological polar surface area (TPSA) is 78.9 Å². The van der Waals surface area contributed by atoms with E-state index in [9.17, 15) is 4.79 Å². The van der Waals surface area contributed by atoms with Gasteiger partial charge in [-0.1, -0.05) is 18.2 Å². The number of benzene rings is 1. The maximum atomic E-state index is 10.9. The lowest BCUT2D eigenvalue weighted by Crippen LogP contribution is -2.01. The number of aryl methyl sites for hydroxylation is 1. The summed E-state index contributed by atoms with van der Waals surface area (Å²) >= 11 is 0. The molecule has 0 radical (unpaired) electrons. The Balaban J connectivity index is 2.21. The lowest BCUT2D eigenvalue weighted by Gasteiger charge is -2.00. The van der Waals surface area contributed by atoms with Crippen LogP contribution in [0.2, 0.25) is 0 Å². The van der Waals surface area contributed by atoms with Crippen molar-refractivity contribution in [2.24, 2.45) is 0 Å². The van der Waals surface area contributed by atoms with Crippen LogP contribution in [-0.4, -0.2) is 26.0 Å². The van der Waals surface area contributed by atoms with Gasteiger partial charge >= 0.3 is 5.97 Å². The Morgan fingerprint density at radius 2 is 2.05 bits per heavy atom. The molecule has 0 saturated carbocycles. The second kappa shape index (κ2) is 4.20. The first-order valence-corrected chi connectivity index (χ1v) is 5.80. The van der Waals surface area contributed by atoms with E-state index in [1.54, 1.807) is 0 Å². The number of aromatic amines is 1. The zero-order chi connectivity index (χ0) is 13.4. The molecule has 5 nitrogen and oxygen atoms in total. The van der Waals surface area contributed by atoms with E-state index in [2.05, 4.69) is 15.0 Å². The number of nitrogens with one attached hydrogen (secondary N) is 1. The maximum absolute atomic E-state index is 10.9. The molecule has 5 heteroatoms. The summed E-state index contributed by atoms with van der Waals surface area (Å²) in [6.07, 6.45) is 1.27. The summed E-state index contributed by atoms with van der Waals surface area (Å²) in [5.41, 5.74) is 3.45. The third kappa shape index (κ3) is 1.85. The van der Waals surface area contributed by atoms with Crippen LogP contribution in [-0.2, 0) is 0 Å². The molecule has 0 atom stereocenters. The molecule has 0 fully saturated rings. The number of carboxylic acid groups (broad SMARTS) is 1. The molecule has 2 aromatic heterocycles. The summed E-state index contributed by atoms with van der Waals surface area (Å²) in [6.45, 7) is 1.98. The molecule has 1 aromatic carbocycles. The summed E-state index contributed by atoms with van der Waals surface area (Å²) in [5.74, 6) is -1.06. The zero-order valence-electron chi connectivity index (χ0n) is 10.2. The molecule has 0 saturated heterocycles. The number of fused-ring (bicyclic) bond motifs is 1. The first kappa shape index (κ1) is 11.4. The van der Waals surface area contributed by atoms with Gasteiger partial charge in [0.2, 0.25) is 0 Å². The van der Waals surface area contributed by atoms with Crippen molar-refractivity contribution >= 4 is 16.9 Å². The number of H-pyrrole nitrogens is 1. The van der Waals surface area contributed by atoms with Crippen LogP contribution in [0.15, 0.2) is 36.7 Å². The van der Waals surface area contributed by atoms with E-state index < -0.39 is 5.97 Å². The van der Waals surface area contributed by atoms with E-state index in [0.717, 1.165) is 22.2 Å². The normalized spacial score (nSPS) is 10.8. The Morgan fingerprint density at radius 3 is 2.79 bits per heavy atom. The van der Waals surface area contributed by atoms with E-state index >= 15 is 0 Å². The smallest absolute Gasteiger partial charge is 0.354 e. The molecular weight excluding hydrogens is 242 g/mol. The molecule has 94 valence electrons. The Morgan fingerprint density at radius 1 is 1.26 bits per heavy atom. The third-order valence-electron chi connectivity index (χ3n) is 3.11. The van der Waals surface area contributed by atoms with Crippen molar-refractivity contribution in [3.8, 4) is 11.4 Å². The van der Waals surface area contributed by atoms with Crippen LogP contribution in [0.25, 0.3) is 22.3 Å². The summed E-state index contributed by atoms with van der Waals surface area (Å²) in [4.78, 5) is 22.1. The molecule has 3 rings (SSSR count). The van der Waals surface area contributed by atoms with Crippen LogP contribution in [0, 0.1) is 6.92 Å². The minimum Gasteiger partial charge on any atom is -0.477 e. The Hall–Kier alpha value is -2.69. The molecule has 19 heavy (non-hydrogen) atoms. The summed E-state index contributed by atoms with van der Waals surface area (Å²) < 4.78 is 0. The minimum absolute atomic E-state index is 0.0111. The highest BCUT2D eigenvalue weighted by Gasteiger charge is 2.13. The Labute approximate surface area is 109 Å². The van der Waals surface area contributed by atoms with Crippen LogP contribution in [0.4, 0.5) is 0 Å². The number of nitrogens with zero attached hydrogens (tertiary/aromatic N) is 2. The molecule has 3 aromatic rings. The highest BCUT2D eigenvalue weighted by molar-refractivity contribution is 5.91. The molecule has 2 heterocycles. The van der Waals surface area contributed by atoms with Crippen molar-refractivity contribution in [1.29, 1.82) is 0 Å². The van der Waals surface area contributed by atoms with Gasteiger partial charge in [-0.2, -0.15) is 0 Å². The van der Waals surface area contributed by atoms with Gasteiger partial charge < -0.3 is 10.1 Å². The van der Waals surface area contributed by atoms with Crippen LogP contribution >= 0.6 is 0 Å². The first-order valence-electron chi connectivity index (χ1n) is 5.80. The number of aromatic nitrogens is 3. The van der Waals surface area contributed by atoms with Gasteiger partial charge in [-0.3, -0.25) is 0 Å². The molecular formula is C14H11N3O2. The summed E-state index contributed by atoms with van der Waals surface area (Å²) in [7, 11) is 0. The quantitative estimate of drug-likeness (QED) is 0.735. The maximum Gasteiger partial charge on any atom is 0.354 e. The van der Waals surface area contributed by atoms with Crippen molar-refractivity contribution in [2.45, 2.75) is 6.92 Å². The predicted molar refractivity (Wildman–Crippen MR) is 71.0 cm³/mol. The van der Waals surface area contributed by atoms with Crippen molar-refractivity contribution in [3.05, 3.63) is 47.9 Å². The number of carbonyl (C=O) groups is 1. The van der Waals surface area contributed by atoms with Gasteiger partial charge in [0, 0.05) is 10.9 Å². The fraction of sp³-hybridized carbons (Fsp3) is 0.0714. The lowest BCUT2D eigenvalue weighted by molar-refractivity contribution is 0.0690. The average Bonchev–Trinajstić information content (AvgIpc) is 2.77. The molecule has 0 aliphatic rings. The van der Waals surface area contributed by atoms with Gasteiger partial charge in [-0.15, -0.1) is 0 Å². The molecule has 0 spiro atoms. The average molecular weight is 253 g/mol. The van der Waals surface area contributed by atoms with Gasteiger partial charge in [-0.05, 0) is 24.6 Å². The summed E-state index contributed by atoms with van der Waals surface area (Å²) in [5, 5.41) is 10.1. The number of rotatable bonds is 2. The second-order valence-corrected chi connectivity index (χ2v) is 4.26. The predicted octanol–water partition coefficient (Wildman–Crippen LogP) is 2.63. The SMILES string of the molecule is Cc1c(-c2cc(C(=O)O)ncn2)[nH]c2ccccc12. The zero-order valence-corrected chi connectivity index (χ0v) is 10.2. The second-order valence-electron chi connectivity index (χ2n) is 4.26. The number of hydrogen-bond donors (Lipinski definition) is 2. The van der Waals surface area contributed by atoms with Crippen LogP contribution in [0.1, 0.15) is 16.1 Å². The van der Waals surface area contributed by atoms with Crippen LogP contribution in [0.3, 0.4) is 0 Å². The van der Waals surface area contributed by atoms with Crippen molar-refractivity contribution < 1.29 is 9.90 Å². The molecule has 0 unspecified atom stereocenters. The number of hydrogen-bond acceptors (Lipinski definition) is 3. The van der Waals surface area contributed by atoms with Gasteiger partial charge in [0.15, 0.2) is 5.69 Å². The molecule has 0 bridgehead atoms. The van der Waals surface area contributed by atoms with Crippen LogP contribution in [0.5, 0.6) is 0 Å². The van der Waals surface area contributed by atoms with E-state index in [-0.39, 0.29) is 5.69 Å². The van der Waals surface area contributed by atoms with Gasteiger partial charge in [0.05, 0.1) is 11.4 Å². The molecule has 0 amide bonds. The third-order valence-corrected chi connectivity index (χ3v) is 3.11. The van der Waals surface area contributed by atoms with Gasteiger partial charge in [0.1, 0.15) is 6.33 Å². The van der Waals surface area contributed by atoms with E-state index in [0.29, 0.717) is 5.69 Å². The standard InChI is InChI=1S/C14H11N3O2/c1-8-9-4-2-3-5-10(9)17-13(8)11-6-12(14(18)19)16-7-15-11/h2-7,17H,1H3,(H,18,19). The Bertz CT molecular complexity index is 777. The monoisotopic (exact) mass is 253 g/mol. The first-order chi connectivity index (χ1) is 9.16. The molecule has 0 aliphatic carbocycles. The van der Waals surface area contributed by atoms with E-state index in [1.165, 1.54) is 12.4 Å². The fourth-order valence-corrected chi connectivity index (χ4v) is 2.15.